The van der Waals surface area contributed by atoms with E-state index in [1.165, 1.54) is 64.0 Å². The number of fused-ring (bicyclic) bond motifs is 4. The summed E-state index contributed by atoms with van der Waals surface area (Å²) in [6.45, 7) is 5.50. The van der Waals surface area contributed by atoms with Gasteiger partial charge in [0.1, 0.15) is 31.3 Å². The highest BCUT2D eigenvalue weighted by atomic mass is 35.5. The minimum atomic E-state index is -1.17. The number of carboxylic acid groups (broad SMARTS) is 1. The van der Waals surface area contributed by atoms with Crippen molar-refractivity contribution in [2.24, 2.45) is 5.73 Å². The normalized spacial score (nSPS) is 13.2. The zero-order chi connectivity index (χ0) is 50.8. The number of nitrogens with zero attached hydrogens (tertiary/aromatic N) is 4. The number of thiophene rings is 3. The van der Waals surface area contributed by atoms with E-state index < -0.39 is 24.0 Å². The molecule has 1 aliphatic heterocycles. The van der Waals surface area contributed by atoms with Crippen molar-refractivity contribution >= 4 is 100.0 Å². The number of hydrogen-bond donors (Lipinski definition) is 3. The average Bonchev–Trinajstić information content (AvgIpc) is 4.20. The molecule has 17 heteroatoms. The number of rotatable bonds is 9. The van der Waals surface area contributed by atoms with Gasteiger partial charge in [0.05, 0.1) is 45.7 Å². The van der Waals surface area contributed by atoms with Gasteiger partial charge in [0, 0.05) is 44.5 Å². The largest absolute Gasteiger partial charge is 0.478 e. The average molecular weight is 1040 g/mol. The predicted octanol–water partition coefficient (Wildman–Crippen LogP) is 13.7. The van der Waals surface area contributed by atoms with Crippen molar-refractivity contribution in [3.8, 4) is 22.5 Å². The topological polar surface area (TPSA) is 168 Å². The summed E-state index contributed by atoms with van der Waals surface area (Å²) in [5.41, 5.74) is 11.9. The number of halogens is 3. The molecular formula is C55H41ClF2N6O5S3. The van der Waals surface area contributed by atoms with Crippen LogP contribution in [0.25, 0.3) is 53.2 Å². The Morgan fingerprint density at radius 3 is 1.57 bits per heavy atom. The fourth-order valence-electron chi connectivity index (χ4n) is 8.34. The summed E-state index contributed by atoms with van der Waals surface area (Å²) < 4.78 is 27.2. The summed E-state index contributed by atoms with van der Waals surface area (Å²) in [5.74, 6) is -2.90. The number of nitrogens with one attached hydrogen (secondary N) is 1. The van der Waals surface area contributed by atoms with Gasteiger partial charge < -0.3 is 16.2 Å². The molecule has 72 heavy (non-hydrogen) atoms. The molecule has 4 N–H and O–H groups in total. The Morgan fingerprint density at radius 2 is 1.07 bits per heavy atom. The molecule has 0 bridgehead atoms. The standard InChI is InChI=1S/C23H17FN2O3S.C17H11ClN2O2S.C15H13FN2S/c1-13(25-21(27)17-7-2-3-8-18(17)23(28)29)19-12-15-9-10-30-22(15)26-20(19)14-5-4-6-16(24)11-14;1-9(13-8-10-6-7-23-15(10)19-14(13)18)20-16(21)11-4-2-3-5-12(11)17(20)22;1-9(17)13-8-11-5-6-19-15(11)18-14(13)10-3-2-4-12(16)7-10/h2-13H,1H3,(H,25,27)(H,28,29);2-9H,1H3;2-9H,17H2,1H3/t13-;2*9-/m000/s1. The van der Waals surface area contributed by atoms with Gasteiger partial charge in [0.15, 0.2) is 0 Å². The third-order valence-electron chi connectivity index (χ3n) is 11.9. The summed E-state index contributed by atoms with van der Waals surface area (Å²) in [5, 5.41) is 21.3. The first-order valence-corrected chi connectivity index (χ1v) is 25.4. The van der Waals surface area contributed by atoms with Gasteiger partial charge in [-0.3, -0.25) is 19.3 Å². The van der Waals surface area contributed by atoms with E-state index in [1.54, 1.807) is 79.8 Å². The molecule has 4 aromatic carbocycles. The van der Waals surface area contributed by atoms with E-state index in [0.29, 0.717) is 38.7 Å². The minimum absolute atomic E-state index is 0.0704. The maximum absolute atomic E-state index is 13.8. The molecule has 3 atom stereocenters. The minimum Gasteiger partial charge on any atom is -0.478 e. The maximum atomic E-state index is 13.8. The van der Waals surface area contributed by atoms with Gasteiger partial charge in [0.25, 0.3) is 17.7 Å². The van der Waals surface area contributed by atoms with Crippen molar-refractivity contribution in [3.05, 3.63) is 205 Å². The van der Waals surface area contributed by atoms with E-state index in [9.17, 15) is 33.1 Å². The number of aromatic nitrogens is 3. The van der Waals surface area contributed by atoms with Crippen LogP contribution in [0.5, 0.6) is 0 Å². The molecule has 0 spiro atoms. The van der Waals surface area contributed by atoms with E-state index in [0.717, 1.165) is 47.5 Å². The predicted molar refractivity (Wildman–Crippen MR) is 282 cm³/mol. The molecule has 3 amide bonds. The van der Waals surface area contributed by atoms with E-state index in [4.69, 9.17) is 22.3 Å². The number of carbonyl (C=O) groups is 4. The van der Waals surface area contributed by atoms with Gasteiger partial charge in [-0.2, -0.15) is 0 Å². The van der Waals surface area contributed by atoms with Crippen LogP contribution in [-0.2, 0) is 0 Å². The van der Waals surface area contributed by atoms with Crippen LogP contribution < -0.4 is 11.1 Å². The first-order chi connectivity index (χ1) is 34.7. The highest BCUT2D eigenvalue weighted by Gasteiger charge is 2.39. The van der Waals surface area contributed by atoms with Gasteiger partial charge in [-0.05, 0) is 127 Å². The number of amides is 3. The summed E-state index contributed by atoms with van der Waals surface area (Å²) in [4.78, 5) is 67.0. The van der Waals surface area contributed by atoms with Crippen LogP contribution in [0.4, 0.5) is 8.78 Å². The first kappa shape index (κ1) is 49.4. The zero-order valence-corrected chi connectivity index (χ0v) is 41.7. The van der Waals surface area contributed by atoms with E-state index >= 15 is 0 Å². The van der Waals surface area contributed by atoms with Crippen molar-refractivity contribution in [2.75, 3.05) is 0 Å². The first-order valence-electron chi connectivity index (χ1n) is 22.3. The Hall–Kier alpha value is -7.60. The molecule has 6 aromatic heterocycles. The SMILES string of the molecule is C[C@@H](c1cc2ccsc2nc1Cl)N1C(=O)c2ccccc2C1=O.C[C@H](N)c1cc2ccsc2nc1-c1cccc(F)c1.C[C@H](NC(=O)c1ccccc1C(=O)O)c1cc2ccsc2nc1-c1cccc(F)c1. The monoisotopic (exact) mass is 1030 g/mol. The summed E-state index contributed by atoms with van der Waals surface area (Å²) in [6.07, 6.45) is 0. The molecule has 11 nitrogen and oxygen atoms in total. The second-order valence-electron chi connectivity index (χ2n) is 16.7. The fourth-order valence-corrected chi connectivity index (χ4v) is 10.9. The lowest BCUT2D eigenvalue weighted by Crippen LogP contribution is -2.32. The molecule has 360 valence electrons. The lowest BCUT2D eigenvalue weighted by atomic mass is 9.99. The van der Waals surface area contributed by atoms with Gasteiger partial charge in [-0.15, -0.1) is 34.0 Å². The van der Waals surface area contributed by atoms with E-state index in [2.05, 4.69) is 15.3 Å². The third-order valence-corrected chi connectivity index (χ3v) is 14.7. The van der Waals surface area contributed by atoms with Crippen molar-refractivity contribution in [1.82, 2.24) is 25.2 Å². The van der Waals surface area contributed by atoms with E-state index in [1.807, 2.05) is 65.5 Å². The van der Waals surface area contributed by atoms with Gasteiger partial charge in [-0.25, -0.2) is 28.5 Å². The number of benzene rings is 4. The number of imide groups is 1. The number of carbonyl (C=O) groups excluding carboxylic acids is 3. The zero-order valence-electron chi connectivity index (χ0n) is 38.5. The molecule has 10 aromatic rings. The molecular weight excluding hydrogens is 994 g/mol. The Bertz CT molecular complexity index is 3690. The molecule has 0 saturated carbocycles. The second-order valence-corrected chi connectivity index (χ2v) is 19.8. The van der Waals surface area contributed by atoms with Gasteiger partial charge in [-0.1, -0.05) is 60.1 Å². The molecule has 11 rings (SSSR count). The van der Waals surface area contributed by atoms with Gasteiger partial charge in [0.2, 0.25) is 0 Å². The van der Waals surface area contributed by atoms with Crippen LogP contribution in [0.2, 0.25) is 5.15 Å². The van der Waals surface area contributed by atoms with Gasteiger partial charge >= 0.3 is 5.97 Å². The summed E-state index contributed by atoms with van der Waals surface area (Å²) in [6, 6.07) is 36.2. The molecule has 0 radical (unpaired) electrons. The third kappa shape index (κ3) is 10.1. The molecule has 0 unspecified atom stereocenters. The lowest BCUT2D eigenvalue weighted by molar-refractivity contribution is 0.0593. The van der Waals surface area contributed by atoms with Crippen LogP contribution in [-0.4, -0.2) is 48.6 Å². The van der Waals surface area contributed by atoms with Crippen LogP contribution in [0.15, 0.2) is 150 Å². The lowest BCUT2D eigenvalue weighted by Gasteiger charge is -2.23. The van der Waals surface area contributed by atoms with Crippen molar-refractivity contribution in [2.45, 2.75) is 38.9 Å². The Balaban J connectivity index is 0.000000137. The quantitative estimate of drug-likeness (QED) is 0.0941. The second kappa shape index (κ2) is 21.0. The van der Waals surface area contributed by atoms with Crippen LogP contribution in [0.3, 0.4) is 0 Å². The summed E-state index contributed by atoms with van der Waals surface area (Å²) >= 11 is 10.8. The number of carboxylic acids is 1. The fraction of sp³-hybridized carbons (Fsp3) is 0.109. The maximum Gasteiger partial charge on any atom is 0.336 e. The molecule has 0 fully saturated rings. The number of pyridine rings is 3. The van der Waals surface area contributed by atoms with Crippen molar-refractivity contribution in [1.29, 1.82) is 0 Å². The van der Waals surface area contributed by atoms with Crippen LogP contribution >= 0.6 is 45.6 Å². The van der Waals surface area contributed by atoms with Crippen LogP contribution in [0, 0.1) is 11.6 Å². The Morgan fingerprint density at radius 1 is 0.611 bits per heavy atom. The Kier molecular flexibility index (Phi) is 14.4. The number of nitrogens with two attached hydrogens (primary N) is 1. The highest BCUT2D eigenvalue weighted by molar-refractivity contribution is 7.17. The molecule has 0 aliphatic carbocycles. The molecule has 7 heterocycles. The van der Waals surface area contributed by atoms with Crippen molar-refractivity contribution in [3.63, 3.8) is 0 Å². The Labute approximate surface area is 428 Å². The number of hydrogen-bond acceptors (Lipinski definition) is 11. The van der Waals surface area contributed by atoms with E-state index in [-0.39, 0.29) is 40.6 Å². The number of aromatic carboxylic acids is 1. The highest BCUT2D eigenvalue weighted by Crippen LogP contribution is 2.37. The van der Waals surface area contributed by atoms with Crippen molar-refractivity contribution < 1.29 is 33.1 Å². The smallest absolute Gasteiger partial charge is 0.336 e. The molecule has 1 aliphatic rings. The summed E-state index contributed by atoms with van der Waals surface area (Å²) in [7, 11) is 0. The molecule has 0 saturated heterocycles. The van der Waals surface area contributed by atoms with Crippen LogP contribution in [0.1, 0.15) is 97.0 Å².